The minimum Gasteiger partial charge on any atom is -0.336 e. The third kappa shape index (κ3) is 3.96. The average Bonchev–Trinajstić information content (AvgIpc) is 3.68. The number of benzene rings is 1. The maximum Gasteiger partial charge on any atom is 0.254 e. The molecule has 1 aromatic heterocycles. The van der Waals surface area contributed by atoms with Crippen LogP contribution in [0, 0.1) is 5.92 Å². The van der Waals surface area contributed by atoms with E-state index in [0.717, 1.165) is 37.7 Å². The number of aromatic amines is 1. The number of H-pyrrole nitrogens is 1. The molecule has 0 unspecified atom stereocenters. The molecule has 1 aromatic carbocycles. The molecule has 3 aliphatic rings. The van der Waals surface area contributed by atoms with Crippen molar-refractivity contribution in [2.45, 2.75) is 64.0 Å². The molecule has 2 atom stereocenters. The zero-order chi connectivity index (χ0) is 22.2. The van der Waals surface area contributed by atoms with Gasteiger partial charge in [-0.25, -0.2) is 4.98 Å². The van der Waals surface area contributed by atoms with Crippen molar-refractivity contribution in [1.82, 2.24) is 19.8 Å². The van der Waals surface area contributed by atoms with Gasteiger partial charge < -0.3 is 14.8 Å². The summed E-state index contributed by atoms with van der Waals surface area (Å²) in [4.78, 5) is 50.4. The molecule has 2 aromatic rings. The van der Waals surface area contributed by atoms with E-state index in [1.165, 1.54) is 0 Å². The minimum absolute atomic E-state index is 0.0619. The number of nitrogens with one attached hydrogen (secondary N) is 1. The Labute approximate surface area is 187 Å². The summed E-state index contributed by atoms with van der Waals surface area (Å²) in [7, 11) is 0. The van der Waals surface area contributed by atoms with Gasteiger partial charge in [0.25, 0.3) is 5.56 Å². The predicted octanol–water partition coefficient (Wildman–Crippen LogP) is 2.92. The van der Waals surface area contributed by atoms with Crippen LogP contribution in [-0.4, -0.2) is 44.7 Å². The van der Waals surface area contributed by atoms with Gasteiger partial charge in [0, 0.05) is 24.6 Å². The number of aromatic nitrogens is 2. The van der Waals surface area contributed by atoms with Crippen molar-refractivity contribution in [2.24, 2.45) is 5.92 Å². The van der Waals surface area contributed by atoms with Crippen molar-refractivity contribution in [3.05, 3.63) is 63.3 Å². The summed E-state index contributed by atoms with van der Waals surface area (Å²) in [5, 5.41) is 0. The van der Waals surface area contributed by atoms with Gasteiger partial charge in [0.2, 0.25) is 11.8 Å². The SMILES string of the molecule is C[C@H](C(=O)N1CCCC[C@H]1c1nc2c(c(=O)[nH]1)CCN(C(=O)C1CC1)C2)c1ccccc1. The molecule has 2 aliphatic heterocycles. The molecule has 32 heavy (non-hydrogen) atoms. The molecule has 2 fully saturated rings. The molecular weight excluding hydrogens is 404 g/mol. The topological polar surface area (TPSA) is 86.4 Å². The first-order chi connectivity index (χ1) is 15.5. The fourth-order valence-corrected chi connectivity index (χ4v) is 5.01. The summed E-state index contributed by atoms with van der Waals surface area (Å²) < 4.78 is 0. The van der Waals surface area contributed by atoms with Gasteiger partial charge in [-0.05, 0) is 51.0 Å². The number of likely N-dealkylation sites (tertiary alicyclic amines) is 1. The van der Waals surface area contributed by atoms with Crippen LogP contribution < -0.4 is 5.56 Å². The number of nitrogens with zero attached hydrogens (tertiary/aromatic N) is 3. The summed E-state index contributed by atoms with van der Waals surface area (Å²) in [5.74, 6) is 0.705. The number of carbonyl (C=O) groups excluding carboxylic acids is 2. The van der Waals surface area contributed by atoms with Crippen LogP contribution in [0.1, 0.15) is 73.6 Å². The number of carbonyl (C=O) groups is 2. The van der Waals surface area contributed by atoms with E-state index in [1.54, 1.807) is 0 Å². The van der Waals surface area contributed by atoms with E-state index < -0.39 is 0 Å². The standard InChI is InChI=1S/C25H30N4O3/c1-16(17-7-3-2-4-8-17)24(31)29-13-6-5-9-21(29)22-26-20-15-28(25(32)18-10-11-18)14-12-19(20)23(30)27-22/h2-4,7-8,16,18,21H,5-6,9-15H2,1H3,(H,26,27,30)/t16-,21-/m0/s1. The zero-order valence-corrected chi connectivity index (χ0v) is 18.5. The van der Waals surface area contributed by atoms with Crippen LogP contribution in [0.5, 0.6) is 0 Å². The largest absolute Gasteiger partial charge is 0.336 e. The average molecular weight is 435 g/mol. The monoisotopic (exact) mass is 434 g/mol. The van der Waals surface area contributed by atoms with Gasteiger partial charge in [-0.1, -0.05) is 30.3 Å². The van der Waals surface area contributed by atoms with E-state index in [-0.39, 0.29) is 35.3 Å². The van der Waals surface area contributed by atoms with E-state index in [9.17, 15) is 14.4 Å². The molecular formula is C25H30N4O3. The second-order valence-electron chi connectivity index (χ2n) is 9.34. The summed E-state index contributed by atoms with van der Waals surface area (Å²) >= 11 is 0. The second-order valence-corrected chi connectivity index (χ2v) is 9.34. The maximum atomic E-state index is 13.4. The van der Waals surface area contributed by atoms with Crippen molar-refractivity contribution in [1.29, 1.82) is 0 Å². The highest BCUT2D eigenvalue weighted by molar-refractivity contribution is 5.84. The van der Waals surface area contributed by atoms with Crippen LogP contribution in [0.4, 0.5) is 0 Å². The zero-order valence-electron chi connectivity index (χ0n) is 18.5. The van der Waals surface area contributed by atoms with Gasteiger partial charge in [0.05, 0.1) is 24.2 Å². The minimum atomic E-state index is -0.257. The van der Waals surface area contributed by atoms with Crippen LogP contribution in [0.25, 0.3) is 0 Å². The van der Waals surface area contributed by atoms with Crippen molar-refractivity contribution >= 4 is 11.8 Å². The third-order valence-electron chi connectivity index (χ3n) is 7.10. The molecule has 1 aliphatic carbocycles. The van der Waals surface area contributed by atoms with Gasteiger partial charge in [0.15, 0.2) is 0 Å². The fraction of sp³-hybridized carbons (Fsp3) is 0.520. The molecule has 0 bridgehead atoms. The van der Waals surface area contributed by atoms with E-state index in [2.05, 4.69) is 4.98 Å². The van der Waals surface area contributed by atoms with Crippen LogP contribution in [0.15, 0.2) is 35.1 Å². The molecule has 3 heterocycles. The number of hydrogen-bond acceptors (Lipinski definition) is 4. The van der Waals surface area contributed by atoms with E-state index >= 15 is 0 Å². The molecule has 7 heteroatoms. The van der Waals surface area contributed by atoms with Gasteiger partial charge in [0.1, 0.15) is 5.82 Å². The molecule has 0 spiro atoms. The Balaban J connectivity index is 1.42. The molecule has 1 saturated carbocycles. The van der Waals surface area contributed by atoms with Crippen molar-refractivity contribution in [3.8, 4) is 0 Å². The fourth-order valence-electron chi connectivity index (χ4n) is 5.01. The van der Waals surface area contributed by atoms with E-state index in [4.69, 9.17) is 4.98 Å². The van der Waals surface area contributed by atoms with Crippen LogP contribution in [-0.2, 0) is 22.6 Å². The highest BCUT2D eigenvalue weighted by atomic mass is 16.2. The quantitative estimate of drug-likeness (QED) is 0.802. The highest BCUT2D eigenvalue weighted by Crippen LogP contribution is 2.34. The Morgan fingerprint density at radius 1 is 1.09 bits per heavy atom. The summed E-state index contributed by atoms with van der Waals surface area (Å²) in [6, 6.07) is 9.56. The number of amides is 2. The Hall–Kier alpha value is -2.96. The first-order valence-corrected chi connectivity index (χ1v) is 11.8. The molecule has 5 rings (SSSR count). The van der Waals surface area contributed by atoms with Crippen LogP contribution in [0.3, 0.4) is 0 Å². The van der Waals surface area contributed by atoms with Gasteiger partial charge in [-0.15, -0.1) is 0 Å². The lowest BCUT2D eigenvalue weighted by molar-refractivity contribution is -0.136. The first kappa shape index (κ1) is 20.9. The summed E-state index contributed by atoms with van der Waals surface area (Å²) in [5.41, 5.74) is 2.23. The maximum absolute atomic E-state index is 13.4. The van der Waals surface area contributed by atoms with E-state index in [1.807, 2.05) is 47.1 Å². The van der Waals surface area contributed by atoms with Crippen LogP contribution in [0.2, 0.25) is 0 Å². The summed E-state index contributed by atoms with van der Waals surface area (Å²) in [6.45, 7) is 3.57. The second kappa shape index (κ2) is 8.52. The van der Waals surface area contributed by atoms with Gasteiger partial charge in [-0.2, -0.15) is 0 Å². The highest BCUT2D eigenvalue weighted by Gasteiger charge is 2.37. The molecule has 168 valence electrons. The first-order valence-electron chi connectivity index (χ1n) is 11.8. The number of fused-ring (bicyclic) bond motifs is 1. The van der Waals surface area contributed by atoms with Crippen LogP contribution >= 0.6 is 0 Å². The lowest BCUT2D eigenvalue weighted by Gasteiger charge is -2.37. The van der Waals surface area contributed by atoms with E-state index in [0.29, 0.717) is 43.1 Å². The molecule has 7 nitrogen and oxygen atoms in total. The molecule has 1 N–H and O–H groups in total. The molecule has 1 saturated heterocycles. The Bertz CT molecular complexity index is 1080. The Morgan fingerprint density at radius 2 is 1.88 bits per heavy atom. The number of rotatable bonds is 4. The van der Waals surface area contributed by atoms with Crippen molar-refractivity contribution < 1.29 is 9.59 Å². The Morgan fingerprint density at radius 3 is 2.62 bits per heavy atom. The normalized spacial score (nSPS) is 21.7. The number of piperidine rings is 1. The lowest BCUT2D eigenvalue weighted by atomic mass is 9.95. The van der Waals surface area contributed by atoms with Crippen molar-refractivity contribution in [2.75, 3.05) is 13.1 Å². The molecule has 2 amide bonds. The lowest BCUT2D eigenvalue weighted by Crippen LogP contribution is -2.43. The summed E-state index contributed by atoms with van der Waals surface area (Å²) in [6.07, 6.45) is 5.18. The van der Waals surface area contributed by atoms with Gasteiger partial charge >= 0.3 is 0 Å². The molecule has 0 radical (unpaired) electrons. The van der Waals surface area contributed by atoms with Gasteiger partial charge in [-0.3, -0.25) is 14.4 Å². The third-order valence-corrected chi connectivity index (χ3v) is 7.10. The Kier molecular flexibility index (Phi) is 5.57. The number of hydrogen-bond donors (Lipinski definition) is 1. The smallest absolute Gasteiger partial charge is 0.254 e. The predicted molar refractivity (Wildman–Crippen MR) is 120 cm³/mol. The van der Waals surface area contributed by atoms with Crippen molar-refractivity contribution in [3.63, 3.8) is 0 Å².